The van der Waals surface area contributed by atoms with Gasteiger partial charge in [-0.25, -0.2) is 0 Å². The van der Waals surface area contributed by atoms with Crippen LogP contribution in [-0.2, 0) is 9.53 Å². The summed E-state index contributed by atoms with van der Waals surface area (Å²) in [6.45, 7) is 4.31. The Kier molecular flexibility index (Phi) is 18.3. The van der Waals surface area contributed by atoms with E-state index in [2.05, 4.69) is 19.1 Å². The van der Waals surface area contributed by atoms with Crippen molar-refractivity contribution in [1.82, 2.24) is 4.90 Å². The molecular weight excluding hydrogens is 322 g/mol. The van der Waals surface area contributed by atoms with Gasteiger partial charge in [0, 0.05) is 6.42 Å². The predicted octanol–water partition coefficient (Wildman–Crippen LogP) is 6.86. The lowest BCUT2D eigenvalue weighted by atomic mass is 10.1. The van der Waals surface area contributed by atoms with Gasteiger partial charge >= 0.3 is 5.97 Å². The number of hydrogen-bond acceptors (Lipinski definition) is 3. The molecule has 0 aliphatic carbocycles. The number of hydrogen-bond donors (Lipinski definition) is 0. The lowest BCUT2D eigenvalue weighted by Crippen LogP contribution is -2.32. The normalized spacial score (nSPS) is 12.8. The van der Waals surface area contributed by atoms with Crippen LogP contribution in [0.5, 0.6) is 0 Å². The van der Waals surface area contributed by atoms with E-state index in [1.165, 1.54) is 70.6 Å². The van der Waals surface area contributed by atoms with Crippen LogP contribution in [-0.4, -0.2) is 31.2 Å². The molecule has 3 nitrogen and oxygen atoms in total. The van der Waals surface area contributed by atoms with Crippen molar-refractivity contribution in [2.75, 3.05) is 14.1 Å². The first-order valence-electron chi connectivity index (χ1n) is 11.1. The van der Waals surface area contributed by atoms with Crippen LogP contribution in [0.2, 0.25) is 0 Å². The lowest BCUT2D eigenvalue weighted by molar-refractivity contribution is -0.157. The van der Waals surface area contributed by atoms with E-state index in [9.17, 15) is 4.79 Å². The molecule has 0 aromatic carbocycles. The quantitative estimate of drug-likeness (QED) is 0.115. The van der Waals surface area contributed by atoms with Gasteiger partial charge in [-0.1, -0.05) is 77.4 Å². The largest absolute Gasteiger partial charge is 0.446 e. The van der Waals surface area contributed by atoms with Crippen LogP contribution in [0.3, 0.4) is 0 Å². The van der Waals surface area contributed by atoms with Gasteiger partial charge in [-0.15, -0.1) is 0 Å². The highest BCUT2D eigenvalue weighted by Gasteiger charge is 2.13. The predicted molar refractivity (Wildman–Crippen MR) is 113 cm³/mol. The van der Waals surface area contributed by atoms with Gasteiger partial charge in [-0.05, 0) is 52.6 Å². The van der Waals surface area contributed by atoms with Crippen molar-refractivity contribution in [3.8, 4) is 0 Å². The van der Waals surface area contributed by atoms with Gasteiger partial charge in [-0.3, -0.25) is 9.69 Å². The first kappa shape index (κ1) is 25.2. The maximum absolute atomic E-state index is 11.8. The Morgan fingerprint density at radius 2 is 1.31 bits per heavy atom. The minimum Gasteiger partial charge on any atom is -0.446 e. The number of unbranched alkanes of at least 4 members (excludes halogenated alkanes) is 11. The zero-order valence-electron chi connectivity index (χ0n) is 18.1. The van der Waals surface area contributed by atoms with Crippen molar-refractivity contribution in [1.29, 1.82) is 0 Å². The molecule has 3 heteroatoms. The summed E-state index contributed by atoms with van der Waals surface area (Å²) in [4.78, 5) is 13.7. The van der Waals surface area contributed by atoms with Crippen molar-refractivity contribution < 1.29 is 9.53 Å². The fraction of sp³-hybridized carbons (Fsp3) is 0.870. The third-order valence-electron chi connectivity index (χ3n) is 4.84. The molecule has 0 amide bonds. The van der Waals surface area contributed by atoms with E-state index in [4.69, 9.17) is 4.74 Å². The van der Waals surface area contributed by atoms with Crippen LogP contribution in [0.1, 0.15) is 110 Å². The Labute approximate surface area is 163 Å². The van der Waals surface area contributed by atoms with E-state index in [0.29, 0.717) is 6.42 Å². The van der Waals surface area contributed by atoms with E-state index in [-0.39, 0.29) is 12.2 Å². The van der Waals surface area contributed by atoms with Gasteiger partial charge in [0.05, 0.1) is 0 Å². The number of nitrogens with zero attached hydrogens (tertiary/aromatic N) is 1. The van der Waals surface area contributed by atoms with Crippen molar-refractivity contribution >= 4 is 5.97 Å². The average molecular weight is 368 g/mol. The lowest BCUT2D eigenvalue weighted by Gasteiger charge is -2.22. The molecule has 0 aliphatic heterocycles. The third kappa shape index (κ3) is 16.6. The first-order chi connectivity index (χ1) is 12.6. The molecular formula is C23H45NO2. The molecule has 0 fully saturated rings. The molecule has 154 valence electrons. The van der Waals surface area contributed by atoms with Crippen LogP contribution in [0.25, 0.3) is 0 Å². The molecule has 0 N–H and O–H groups in total. The second-order valence-electron chi connectivity index (χ2n) is 7.65. The Bertz CT molecular complexity index is 339. The molecule has 0 spiro atoms. The maximum Gasteiger partial charge on any atom is 0.307 e. The minimum absolute atomic E-state index is 0.0526. The van der Waals surface area contributed by atoms with Gasteiger partial charge in [0.2, 0.25) is 0 Å². The van der Waals surface area contributed by atoms with Crippen LogP contribution in [0, 0.1) is 0 Å². The molecule has 1 unspecified atom stereocenters. The molecule has 26 heavy (non-hydrogen) atoms. The molecule has 1 atom stereocenters. The highest BCUT2D eigenvalue weighted by atomic mass is 16.6. The summed E-state index contributed by atoms with van der Waals surface area (Å²) < 4.78 is 5.46. The minimum atomic E-state index is -0.0781. The topological polar surface area (TPSA) is 29.5 Å². The molecule has 0 saturated heterocycles. The molecule has 0 aliphatic rings. The molecule has 0 aromatic rings. The van der Waals surface area contributed by atoms with Crippen LogP contribution in [0.4, 0.5) is 0 Å². The van der Waals surface area contributed by atoms with E-state index < -0.39 is 0 Å². The highest BCUT2D eigenvalue weighted by molar-refractivity contribution is 5.69. The summed E-state index contributed by atoms with van der Waals surface area (Å²) in [7, 11) is 3.90. The number of ether oxygens (including phenoxy) is 1. The molecule has 0 radical (unpaired) electrons. The smallest absolute Gasteiger partial charge is 0.307 e. The van der Waals surface area contributed by atoms with Gasteiger partial charge in [0.15, 0.2) is 6.23 Å². The van der Waals surface area contributed by atoms with Gasteiger partial charge < -0.3 is 4.74 Å². The number of rotatable bonds is 18. The van der Waals surface area contributed by atoms with Gasteiger partial charge in [0.1, 0.15) is 0 Å². The summed E-state index contributed by atoms with van der Waals surface area (Å²) in [6, 6.07) is 0. The molecule has 0 heterocycles. The second kappa shape index (κ2) is 18.9. The third-order valence-corrected chi connectivity index (χ3v) is 4.84. The maximum atomic E-state index is 11.8. The summed E-state index contributed by atoms with van der Waals surface area (Å²) in [5.41, 5.74) is 0. The number of esters is 1. The second-order valence-corrected chi connectivity index (χ2v) is 7.65. The number of carbonyl (C=O) groups is 1. The van der Waals surface area contributed by atoms with Crippen molar-refractivity contribution in [3.63, 3.8) is 0 Å². The number of allylic oxidation sites excluding steroid dienone is 2. The fourth-order valence-electron chi connectivity index (χ4n) is 3.10. The van der Waals surface area contributed by atoms with Gasteiger partial charge in [-0.2, -0.15) is 0 Å². The number of carbonyl (C=O) groups excluding carboxylic acids is 1. The zero-order valence-corrected chi connectivity index (χ0v) is 18.1. The fourth-order valence-corrected chi connectivity index (χ4v) is 3.10. The average Bonchev–Trinajstić information content (AvgIpc) is 2.62. The monoisotopic (exact) mass is 367 g/mol. The standard InChI is InChI=1S/C23H45NO2/c1-5-7-8-9-10-11-12-13-14-15-16-17-18-19-20-21-23(25)26-22(6-2)24(3)4/h13-14,22H,5-12,15-21H2,1-4H3/b14-13-. The zero-order chi connectivity index (χ0) is 19.5. The Morgan fingerprint density at radius 1 is 0.808 bits per heavy atom. The Hall–Kier alpha value is -0.830. The van der Waals surface area contributed by atoms with E-state index in [1.807, 2.05) is 25.9 Å². The summed E-state index contributed by atoms with van der Waals surface area (Å²) >= 11 is 0. The summed E-state index contributed by atoms with van der Waals surface area (Å²) in [5, 5.41) is 0. The summed E-state index contributed by atoms with van der Waals surface area (Å²) in [6.07, 6.45) is 22.6. The Balaban J connectivity index is 3.35. The van der Waals surface area contributed by atoms with E-state index >= 15 is 0 Å². The molecule has 0 saturated carbocycles. The summed E-state index contributed by atoms with van der Waals surface area (Å²) in [5.74, 6) is -0.0526. The van der Waals surface area contributed by atoms with Crippen molar-refractivity contribution in [3.05, 3.63) is 12.2 Å². The van der Waals surface area contributed by atoms with Crippen molar-refractivity contribution in [2.45, 2.75) is 116 Å². The van der Waals surface area contributed by atoms with Crippen molar-refractivity contribution in [2.24, 2.45) is 0 Å². The highest BCUT2D eigenvalue weighted by Crippen LogP contribution is 2.11. The Morgan fingerprint density at radius 3 is 1.81 bits per heavy atom. The van der Waals surface area contributed by atoms with Crippen LogP contribution < -0.4 is 0 Å². The molecule has 0 bridgehead atoms. The first-order valence-corrected chi connectivity index (χ1v) is 11.1. The van der Waals surface area contributed by atoms with Crippen LogP contribution >= 0.6 is 0 Å². The van der Waals surface area contributed by atoms with E-state index in [1.54, 1.807) is 0 Å². The SMILES string of the molecule is CCCCCCCC/C=C\CCCCCCCC(=O)OC(CC)N(C)C. The van der Waals surface area contributed by atoms with Crippen LogP contribution in [0.15, 0.2) is 12.2 Å². The van der Waals surface area contributed by atoms with Gasteiger partial charge in [0.25, 0.3) is 0 Å². The molecule has 0 aromatic heterocycles. The molecule has 0 rings (SSSR count). The van der Waals surface area contributed by atoms with E-state index in [0.717, 1.165) is 19.3 Å².